The van der Waals surface area contributed by atoms with Crippen LogP contribution in [0.15, 0.2) is 5.38 Å². The van der Waals surface area contributed by atoms with Gasteiger partial charge in [-0.05, 0) is 14.1 Å². The van der Waals surface area contributed by atoms with Crippen molar-refractivity contribution in [3.05, 3.63) is 16.1 Å². The summed E-state index contributed by atoms with van der Waals surface area (Å²) in [6.45, 7) is 1.68. The van der Waals surface area contributed by atoms with Gasteiger partial charge in [-0.25, -0.2) is 4.98 Å². The molecule has 0 amide bonds. The summed E-state index contributed by atoms with van der Waals surface area (Å²) in [6, 6.07) is 0. The van der Waals surface area contributed by atoms with E-state index in [1.54, 1.807) is 18.4 Å². The number of thiazole rings is 1. The van der Waals surface area contributed by atoms with Crippen molar-refractivity contribution in [2.45, 2.75) is 13.0 Å². The molecule has 0 aliphatic carbocycles. The third-order valence-corrected chi connectivity index (χ3v) is 2.62. The van der Waals surface area contributed by atoms with Crippen LogP contribution in [0.5, 0.6) is 0 Å². The second-order valence-corrected chi connectivity index (χ2v) is 4.16. The number of hydrogen-bond donors (Lipinski definition) is 0. The van der Waals surface area contributed by atoms with E-state index in [1.165, 1.54) is 5.01 Å². The van der Waals surface area contributed by atoms with Crippen LogP contribution in [0.2, 0.25) is 0 Å². The Morgan fingerprint density at radius 2 is 2.31 bits per heavy atom. The summed E-state index contributed by atoms with van der Waals surface area (Å²) in [4.78, 5) is 6.60. The fraction of sp³-hybridized carbons (Fsp3) is 0.667. The maximum atomic E-state index is 5.00. The minimum Gasteiger partial charge on any atom is -0.378 e. The summed E-state index contributed by atoms with van der Waals surface area (Å²) in [5.41, 5.74) is 1.04. The monoisotopic (exact) mass is 200 g/mol. The molecule has 0 aliphatic rings. The van der Waals surface area contributed by atoms with Crippen LogP contribution in [0.1, 0.15) is 10.7 Å². The number of aromatic nitrogens is 1. The van der Waals surface area contributed by atoms with Crippen molar-refractivity contribution >= 4 is 11.3 Å². The van der Waals surface area contributed by atoms with E-state index in [4.69, 9.17) is 4.74 Å². The molecule has 0 radical (unpaired) electrons. The van der Waals surface area contributed by atoms with E-state index in [2.05, 4.69) is 29.4 Å². The lowest BCUT2D eigenvalue weighted by atomic mass is 10.4. The summed E-state index contributed by atoms with van der Waals surface area (Å²) in [5.74, 6) is 0. The predicted molar refractivity (Wildman–Crippen MR) is 55.1 cm³/mol. The summed E-state index contributed by atoms with van der Waals surface area (Å²) >= 11 is 1.71. The van der Waals surface area contributed by atoms with E-state index >= 15 is 0 Å². The quantitative estimate of drug-likeness (QED) is 0.718. The van der Waals surface area contributed by atoms with Crippen molar-refractivity contribution in [2.75, 3.05) is 27.7 Å². The van der Waals surface area contributed by atoms with Crippen LogP contribution in [0, 0.1) is 0 Å². The Kier molecular flexibility index (Phi) is 4.35. The highest BCUT2D eigenvalue weighted by Gasteiger charge is 2.01. The number of hydrogen-bond acceptors (Lipinski definition) is 4. The third kappa shape index (κ3) is 3.85. The molecule has 1 rings (SSSR count). The van der Waals surface area contributed by atoms with Gasteiger partial charge in [-0.3, -0.25) is 0 Å². The van der Waals surface area contributed by atoms with E-state index in [0.29, 0.717) is 6.61 Å². The fourth-order valence-corrected chi connectivity index (χ4v) is 1.77. The Balaban J connectivity index is 2.39. The van der Waals surface area contributed by atoms with Crippen molar-refractivity contribution < 1.29 is 4.74 Å². The Bertz CT molecular complexity index is 248. The molecule has 0 fully saturated rings. The second kappa shape index (κ2) is 5.32. The Hall–Kier alpha value is -0.450. The predicted octanol–water partition coefficient (Wildman–Crippen LogP) is 1.39. The summed E-state index contributed by atoms with van der Waals surface area (Å²) in [6.07, 6.45) is 1.03. The van der Waals surface area contributed by atoms with Crippen molar-refractivity contribution in [3.8, 4) is 0 Å². The lowest BCUT2D eigenvalue weighted by Crippen LogP contribution is -2.14. The molecular formula is C9H16N2OS. The number of likely N-dealkylation sites (N-methyl/N-ethyl adjacent to an activating group) is 1. The molecule has 0 unspecified atom stereocenters. The van der Waals surface area contributed by atoms with E-state index in [9.17, 15) is 0 Å². The van der Waals surface area contributed by atoms with Gasteiger partial charge >= 0.3 is 0 Å². The van der Waals surface area contributed by atoms with Crippen molar-refractivity contribution in [1.82, 2.24) is 9.88 Å². The standard InChI is InChI=1S/C9H16N2OS/c1-11(2)5-4-9-10-8(6-12-3)7-13-9/h7H,4-6H2,1-3H3. The molecule has 0 atom stereocenters. The molecule has 1 aromatic heterocycles. The number of nitrogens with zero attached hydrogens (tertiary/aromatic N) is 2. The van der Waals surface area contributed by atoms with E-state index in [-0.39, 0.29) is 0 Å². The number of rotatable bonds is 5. The molecule has 4 heteroatoms. The minimum absolute atomic E-state index is 0.623. The van der Waals surface area contributed by atoms with Crippen LogP contribution in [-0.4, -0.2) is 37.6 Å². The van der Waals surface area contributed by atoms with Crippen LogP contribution in [0.4, 0.5) is 0 Å². The van der Waals surface area contributed by atoms with Gasteiger partial charge in [-0.1, -0.05) is 0 Å². The molecule has 0 saturated heterocycles. The van der Waals surface area contributed by atoms with Crippen LogP contribution in [-0.2, 0) is 17.8 Å². The van der Waals surface area contributed by atoms with Crippen molar-refractivity contribution in [2.24, 2.45) is 0 Å². The zero-order chi connectivity index (χ0) is 9.68. The molecular weight excluding hydrogens is 184 g/mol. The largest absolute Gasteiger partial charge is 0.378 e. The van der Waals surface area contributed by atoms with Crippen LogP contribution >= 0.6 is 11.3 Å². The molecule has 0 spiro atoms. The van der Waals surface area contributed by atoms with Crippen molar-refractivity contribution in [3.63, 3.8) is 0 Å². The highest BCUT2D eigenvalue weighted by Crippen LogP contribution is 2.11. The maximum absolute atomic E-state index is 5.00. The highest BCUT2D eigenvalue weighted by molar-refractivity contribution is 7.09. The molecule has 0 aliphatic heterocycles. The van der Waals surface area contributed by atoms with E-state index in [1.807, 2.05) is 0 Å². The van der Waals surface area contributed by atoms with E-state index < -0.39 is 0 Å². The molecule has 0 saturated carbocycles. The summed E-state index contributed by atoms with van der Waals surface area (Å²) in [5, 5.41) is 3.26. The van der Waals surface area contributed by atoms with Gasteiger partial charge in [0, 0.05) is 25.5 Å². The first kappa shape index (κ1) is 10.6. The third-order valence-electron chi connectivity index (χ3n) is 1.66. The lowest BCUT2D eigenvalue weighted by molar-refractivity contribution is 0.182. The van der Waals surface area contributed by atoms with Gasteiger partial charge in [0.15, 0.2) is 0 Å². The molecule has 0 aromatic carbocycles. The Morgan fingerprint density at radius 1 is 1.54 bits per heavy atom. The van der Waals surface area contributed by atoms with Gasteiger partial charge in [0.1, 0.15) is 0 Å². The molecule has 1 heterocycles. The topological polar surface area (TPSA) is 25.4 Å². The molecule has 1 aromatic rings. The van der Waals surface area contributed by atoms with Crippen LogP contribution in [0.3, 0.4) is 0 Å². The zero-order valence-corrected chi connectivity index (χ0v) is 9.23. The fourth-order valence-electron chi connectivity index (χ4n) is 0.997. The van der Waals surface area contributed by atoms with Crippen LogP contribution in [0.25, 0.3) is 0 Å². The van der Waals surface area contributed by atoms with Gasteiger partial charge in [0.05, 0.1) is 17.3 Å². The Labute approximate surface area is 83.4 Å². The van der Waals surface area contributed by atoms with Gasteiger partial charge in [0.25, 0.3) is 0 Å². The molecule has 74 valence electrons. The first-order chi connectivity index (χ1) is 6.22. The van der Waals surface area contributed by atoms with Gasteiger partial charge in [0.2, 0.25) is 0 Å². The molecule has 13 heavy (non-hydrogen) atoms. The number of methoxy groups -OCH3 is 1. The van der Waals surface area contributed by atoms with Crippen molar-refractivity contribution in [1.29, 1.82) is 0 Å². The molecule has 3 nitrogen and oxygen atoms in total. The zero-order valence-electron chi connectivity index (χ0n) is 8.41. The second-order valence-electron chi connectivity index (χ2n) is 3.22. The molecule has 0 N–H and O–H groups in total. The first-order valence-corrected chi connectivity index (χ1v) is 5.17. The normalized spacial score (nSPS) is 11.1. The summed E-state index contributed by atoms with van der Waals surface area (Å²) < 4.78 is 5.00. The highest BCUT2D eigenvalue weighted by atomic mass is 32.1. The van der Waals surface area contributed by atoms with Gasteiger partial charge < -0.3 is 9.64 Å². The molecule has 0 bridgehead atoms. The van der Waals surface area contributed by atoms with E-state index in [0.717, 1.165) is 18.7 Å². The first-order valence-electron chi connectivity index (χ1n) is 4.29. The van der Waals surface area contributed by atoms with Gasteiger partial charge in [-0.2, -0.15) is 0 Å². The number of ether oxygens (including phenoxy) is 1. The average Bonchev–Trinajstić information content (AvgIpc) is 2.50. The van der Waals surface area contributed by atoms with Crippen LogP contribution < -0.4 is 0 Å². The maximum Gasteiger partial charge on any atom is 0.0942 e. The Morgan fingerprint density at radius 3 is 2.92 bits per heavy atom. The van der Waals surface area contributed by atoms with Gasteiger partial charge in [-0.15, -0.1) is 11.3 Å². The average molecular weight is 200 g/mol. The smallest absolute Gasteiger partial charge is 0.0942 e. The minimum atomic E-state index is 0.623. The lowest BCUT2D eigenvalue weighted by Gasteiger charge is -2.06. The SMILES string of the molecule is COCc1csc(CCN(C)C)n1. The summed E-state index contributed by atoms with van der Waals surface area (Å²) in [7, 11) is 5.84.